The Labute approximate surface area is 54.3 Å². The Kier molecular flexibility index (Phi) is 3.43. The number of hydrogen-bond donors (Lipinski definition) is 3. The van der Waals surface area contributed by atoms with E-state index >= 15 is 0 Å². The van der Waals surface area contributed by atoms with Gasteiger partial charge in [-0.1, -0.05) is 0 Å². The minimum atomic E-state index is -0.201. The van der Waals surface area contributed by atoms with Gasteiger partial charge in [0.05, 0.1) is 5.37 Å². The molecule has 0 aromatic carbocycles. The quantitative estimate of drug-likeness (QED) is 0.348. The molecule has 0 rings (SSSR count). The maximum Gasteiger partial charge on any atom is 0.315 e. The summed E-state index contributed by atoms with van der Waals surface area (Å²) in [4.78, 5) is 10.4. The van der Waals surface area contributed by atoms with Gasteiger partial charge in [0.1, 0.15) is 0 Å². The summed E-state index contributed by atoms with van der Waals surface area (Å²) in [6.45, 7) is 1.78. The van der Waals surface area contributed by atoms with E-state index in [0.29, 0.717) is 0 Å². The lowest BCUT2D eigenvalue weighted by molar-refractivity contribution is 0.242. The minimum Gasteiger partial charge on any atom is -0.341 e. The summed E-state index contributed by atoms with van der Waals surface area (Å²) in [6.07, 6.45) is 0. The van der Waals surface area contributed by atoms with E-state index in [9.17, 15) is 4.79 Å². The van der Waals surface area contributed by atoms with Crippen LogP contribution in [0.1, 0.15) is 6.92 Å². The molecule has 0 fully saturated rings. The maximum atomic E-state index is 10.4. The van der Waals surface area contributed by atoms with E-state index in [4.69, 9.17) is 0 Å². The van der Waals surface area contributed by atoms with Crippen molar-refractivity contribution in [1.29, 1.82) is 0 Å². The Balaban J connectivity index is 3.25. The third kappa shape index (κ3) is 3.80. The second kappa shape index (κ2) is 3.60. The van der Waals surface area contributed by atoms with E-state index in [0.717, 1.165) is 0 Å². The number of amides is 2. The third-order valence-electron chi connectivity index (χ3n) is 0.567. The zero-order chi connectivity index (χ0) is 6.57. The fourth-order valence-electron chi connectivity index (χ4n) is 0.262. The van der Waals surface area contributed by atoms with Crippen molar-refractivity contribution in [2.45, 2.75) is 12.3 Å². The molecule has 2 N–H and O–H groups in total. The average molecular weight is 134 g/mol. The highest BCUT2D eigenvalue weighted by Crippen LogP contribution is 1.83. The first kappa shape index (κ1) is 7.62. The summed E-state index contributed by atoms with van der Waals surface area (Å²) >= 11 is 3.92. The summed E-state index contributed by atoms with van der Waals surface area (Å²) in [5.74, 6) is 0. The van der Waals surface area contributed by atoms with Gasteiger partial charge in [-0.05, 0) is 6.92 Å². The van der Waals surface area contributed by atoms with Crippen LogP contribution in [0.4, 0.5) is 4.79 Å². The fraction of sp³-hybridized carbons (Fsp3) is 0.750. The smallest absolute Gasteiger partial charge is 0.315 e. The van der Waals surface area contributed by atoms with Crippen molar-refractivity contribution < 1.29 is 4.79 Å². The second-order valence-electron chi connectivity index (χ2n) is 1.40. The molecule has 0 saturated carbocycles. The number of carbonyl (C=O) groups excluding carboxylic acids is 1. The van der Waals surface area contributed by atoms with E-state index in [1.54, 1.807) is 14.0 Å². The van der Waals surface area contributed by atoms with Crippen LogP contribution in [-0.4, -0.2) is 18.5 Å². The van der Waals surface area contributed by atoms with Gasteiger partial charge < -0.3 is 10.6 Å². The van der Waals surface area contributed by atoms with Crippen LogP contribution in [0, 0.1) is 0 Å². The Morgan fingerprint density at radius 1 is 1.75 bits per heavy atom. The second-order valence-corrected chi connectivity index (χ2v) is 2.17. The van der Waals surface area contributed by atoms with Crippen molar-refractivity contribution in [2.24, 2.45) is 0 Å². The lowest BCUT2D eigenvalue weighted by Gasteiger charge is -2.04. The van der Waals surface area contributed by atoms with E-state index in [1.165, 1.54) is 0 Å². The van der Waals surface area contributed by atoms with Crippen LogP contribution in [0.5, 0.6) is 0 Å². The van der Waals surface area contributed by atoms with Crippen molar-refractivity contribution in [2.75, 3.05) is 7.05 Å². The van der Waals surface area contributed by atoms with Crippen LogP contribution in [0.15, 0.2) is 0 Å². The van der Waals surface area contributed by atoms with E-state index in [2.05, 4.69) is 23.3 Å². The molecule has 0 saturated heterocycles. The highest BCUT2D eigenvalue weighted by atomic mass is 32.1. The van der Waals surface area contributed by atoms with Gasteiger partial charge in [0, 0.05) is 7.05 Å². The molecule has 1 unspecified atom stereocenters. The van der Waals surface area contributed by atoms with Crippen molar-refractivity contribution >= 4 is 18.7 Å². The Bertz CT molecular complexity index is 84.1. The number of urea groups is 1. The van der Waals surface area contributed by atoms with Crippen LogP contribution < -0.4 is 10.6 Å². The third-order valence-corrected chi connectivity index (χ3v) is 0.696. The molecular formula is C4H10N2OS. The molecule has 2 amide bonds. The monoisotopic (exact) mass is 134 g/mol. The van der Waals surface area contributed by atoms with Gasteiger partial charge in [-0.15, -0.1) is 0 Å². The van der Waals surface area contributed by atoms with Crippen LogP contribution >= 0.6 is 12.6 Å². The normalized spacial score (nSPS) is 12.4. The summed E-state index contributed by atoms with van der Waals surface area (Å²) < 4.78 is 0. The van der Waals surface area contributed by atoms with E-state index in [-0.39, 0.29) is 11.4 Å². The summed E-state index contributed by atoms with van der Waals surface area (Å²) in [5.41, 5.74) is 0. The molecular weight excluding hydrogens is 124 g/mol. The van der Waals surface area contributed by atoms with Crippen molar-refractivity contribution in [3.63, 3.8) is 0 Å². The van der Waals surface area contributed by atoms with Crippen molar-refractivity contribution in [1.82, 2.24) is 10.6 Å². The molecule has 0 aliphatic rings. The first-order valence-corrected chi connectivity index (χ1v) is 2.84. The first-order chi connectivity index (χ1) is 3.66. The first-order valence-electron chi connectivity index (χ1n) is 2.33. The maximum absolute atomic E-state index is 10.4. The zero-order valence-electron chi connectivity index (χ0n) is 4.93. The molecule has 48 valence electrons. The number of hydrogen-bond acceptors (Lipinski definition) is 2. The predicted octanol–water partition coefficient (Wildman–Crippen LogP) is 0.191. The number of carbonyl (C=O) groups is 1. The van der Waals surface area contributed by atoms with Crippen molar-refractivity contribution in [3.05, 3.63) is 0 Å². The lowest BCUT2D eigenvalue weighted by Crippen LogP contribution is -2.36. The Hall–Kier alpha value is -0.380. The van der Waals surface area contributed by atoms with Gasteiger partial charge in [0.25, 0.3) is 0 Å². The van der Waals surface area contributed by atoms with E-state index < -0.39 is 0 Å². The molecule has 0 aromatic rings. The van der Waals surface area contributed by atoms with Gasteiger partial charge in [0.2, 0.25) is 0 Å². The highest BCUT2D eigenvalue weighted by Gasteiger charge is 1.96. The van der Waals surface area contributed by atoms with Gasteiger partial charge >= 0.3 is 6.03 Å². The molecule has 1 atom stereocenters. The van der Waals surface area contributed by atoms with Gasteiger partial charge in [-0.3, -0.25) is 0 Å². The molecule has 0 aliphatic heterocycles. The van der Waals surface area contributed by atoms with Crippen LogP contribution in [-0.2, 0) is 0 Å². The van der Waals surface area contributed by atoms with Crippen LogP contribution in [0.3, 0.4) is 0 Å². The fourth-order valence-corrected chi connectivity index (χ4v) is 0.379. The molecule has 0 aromatic heterocycles. The van der Waals surface area contributed by atoms with Crippen LogP contribution in [0.25, 0.3) is 0 Å². The zero-order valence-corrected chi connectivity index (χ0v) is 5.83. The number of thiol groups is 1. The average Bonchev–Trinajstić information content (AvgIpc) is 1.65. The topological polar surface area (TPSA) is 41.1 Å². The molecule has 3 nitrogen and oxygen atoms in total. The molecule has 0 spiro atoms. The predicted molar refractivity (Wildman–Crippen MR) is 36.0 cm³/mol. The molecule has 0 aliphatic carbocycles. The van der Waals surface area contributed by atoms with Gasteiger partial charge in [0.15, 0.2) is 0 Å². The molecule has 8 heavy (non-hydrogen) atoms. The number of rotatable bonds is 1. The Morgan fingerprint density at radius 2 is 2.25 bits per heavy atom. The molecule has 0 heterocycles. The summed E-state index contributed by atoms with van der Waals surface area (Å²) in [6, 6.07) is -0.201. The summed E-state index contributed by atoms with van der Waals surface area (Å²) in [5, 5.41) is 4.82. The largest absolute Gasteiger partial charge is 0.341 e. The standard InChI is InChI=1S/C4H10N2OS/c1-3(8)6-4(7)5-2/h3,8H,1-2H3,(H2,5,6,7). The molecule has 0 radical (unpaired) electrons. The van der Waals surface area contributed by atoms with Gasteiger partial charge in [-0.2, -0.15) is 12.6 Å². The summed E-state index contributed by atoms with van der Waals surface area (Å²) in [7, 11) is 1.56. The van der Waals surface area contributed by atoms with Crippen LogP contribution in [0.2, 0.25) is 0 Å². The van der Waals surface area contributed by atoms with Gasteiger partial charge in [-0.25, -0.2) is 4.79 Å². The molecule has 0 bridgehead atoms. The minimum absolute atomic E-state index is 0.0880. The SMILES string of the molecule is CNC(=O)NC(C)S. The number of nitrogens with one attached hydrogen (secondary N) is 2. The lowest BCUT2D eigenvalue weighted by atomic mass is 10.7. The highest BCUT2D eigenvalue weighted by molar-refractivity contribution is 7.80. The van der Waals surface area contributed by atoms with Crippen molar-refractivity contribution in [3.8, 4) is 0 Å². The Morgan fingerprint density at radius 3 is 2.38 bits per heavy atom. The van der Waals surface area contributed by atoms with E-state index in [1.807, 2.05) is 0 Å². The molecule has 4 heteroatoms.